The molecular formula is C14H24N4S. The second-order valence-electron chi connectivity index (χ2n) is 5.51. The van der Waals surface area contributed by atoms with Crippen LogP contribution in [0.25, 0.3) is 4.96 Å². The lowest BCUT2D eigenvalue weighted by molar-refractivity contribution is 0.365. The summed E-state index contributed by atoms with van der Waals surface area (Å²) in [6, 6.07) is 0.520. The molecule has 2 rings (SSSR count). The van der Waals surface area contributed by atoms with Crippen LogP contribution in [0.3, 0.4) is 0 Å². The van der Waals surface area contributed by atoms with E-state index in [0.29, 0.717) is 6.04 Å². The molecule has 0 amide bonds. The summed E-state index contributed by atoms with van der Waals surface area (Å²) < 4.78 is 2.27. The van der Waals surface area contributed by atoms with E-state index in [1.165, 1.54) is 11.4 Å². The lowest BCUT2D eigenvalue weighted by Gasteiger charge is -2.16. The number of rotatable bonds is 6. The molecule has 4 nitrogen and oxygen atoms in total. The van der Waals surface area contributed by atoms with Crippen LogP contribution in [0.1, 0.15) is 30.4 Å². The minimum Gasteiger partial charge on any atom is -0.309 e. The van der Waals surface area contributed by atoms with Gasteiger partial charge in [0, 0.05) is 23.7 Å². The van der Waals surface area contributed by atoms with E-state index in [9.17, 15) is 0 Å². The van der Waals surface area contributed by atoms with Gasteiger partial charge in [0.2, 0.25) is 0 Å². The van der Waals surface area contributed by atoms with Crippen molar-refractivity contribution in [2.75, 3.05) is 20.6 Å². The van der Waals surface area contributed by atoms with Crippen LogP contribution in [0.5, 0.6) is 0 Å². The average molecular weight is 280 g/mol. The van der Waals surface area contributed by atoms with Crippen LogP contribution in [0.4, 0.5) is 0 Å². The number of nitrogens with zero attached hydrogens (tertiary/aromatic N) is 3. The first kappa shape index (κ1) is 14.5. The predicted octanol–water partition coefficient (Wildman–Crippen LogP) is 2.44. The van der Waals surface area contributed by atoms with Crippen molar-refractivity contribution in [1.29, 1.82) is 0 Å². The first-order chi connectivity index (χ1) is 8.99. The fraction of sp³-hybridized carbons (Fsp3) is 0.643. The number of fused-ring (bicyclic) bond motifs is 1. The van der Waals surface area contributed by atoms with Crippen LogP contribution in [0.2, 0.25) is 0 Å². The van der Waals surface area contributed by atoms with Gasteiger partial charge in [0.05, 0.1) is 11.4 Å². The molecule has 0 spiro atoms. The van der Waals surface area contributed by atoms with Gasteiger partial charge in [-0.15, -0.1) is 11.3 Å². The summed E-state index contributed by atoms with van der Waals surface area (Å²) in [5.41, 5.74) is 3.71. The third-order valence-corrected chi connectivity index (χ3v) is 4.40. The zero-order valence-corrected chi connectivity index (χ0v) is 13.3. The molecule has 1 atom stereocenters. The maximum absolute atomic E-state index is 4.62. The molecule has 0 aromatic carbocycles. The first-order valence-corrected chi connectivity index (χ1v) is 7.67. The molecule has 0 radical (unpaired) electrons. The summed E-state index contributed by atoms with van der Waals surface area (Å²) in [6.45, 7) is 8.49. The molecule has 0 aliphatic heterocycles. The first-order valence-electron chi connectivity index (χ1n) is 6.79. The van der Waals surface area contributed by atoms with Crippen molar-refractivity contribution in [3.63, 3.8) is 0 Å². The summed E-state index contributed by atoms with van der Waals surface area (Å²) >= 11 is 1.71. The summed E-state index contributed by atoms with van der Waals surface area (Å²) in [7, 11) is 4.23. The van der Waals surface area contributed by atoms with Crippen LogP contribution in [0.15, 0.2) is 5.38 Å². The van der Waals surface area contributed by atoms with E-state index >= 15 is 0 Å². The molecule has 2 aromatic heterocycles. The third kappa shape index (κ3) is 3.35. The number of nitrogens with one attached hydrogen (secondary N) is 1. The SMILES string of the molecule is Cc1nc2scc(C)n2c1CNC(C)CCN(C)C. The Morgan fingerprint density at radius 3 is 2.84 bits per heavy atom. The van der Waals surface area contributed by atoms with Crippen LogP contribution < -0.4 is 5.32 Å². The van der Waals surface area contributed by atoms with Crippen molar-refractivity contribution in [3.05, 3.63) is 22.5 Å². The number of aromatic nitrogens is 2. The van der Waals surface area contributed by atoms with Gasteiger partial charge in [-0.25, -0.2) is 4.98 Å². The summed E-state index contributed by atoms with van der Waals surface area (Å²) in [5, 5.41) is 5.77. The van der Waals surface area contributed by atoms with E-state index in [2.05, 4.69) is 59.8 Å². The van der Waals surface area contributed by atoms with Gasteiger partial charge in [-0.1, -0.05) is 0 Å². The molecule has 1 unspecified atom stereocenters. The number of imidazole rings is 1. The highest BCUT2D eigenvalue weighted by Crippen LogP contribution is 2.20. The van der Waals surface area contributed by atoms with Crippen LogP contribution in [-0.2, 0) is 6.54 Å². The Morgan fingerprint density at radius 1 is 1.42 bits per heavy atom. The maximum atomic E-state index is 4.62. The minimum absolute atomic E-state index is 0.520. The van der Waals surface area contributed by atoms with Crippen LogP contribution in [0, 0.1) is 13.8 Å². The molecule has 0 saturated heterocycles. The molecule has 2 heterocycles. The van der Waals surface area contributed by atoms with E-state index in [1.807, 2.05) is 0 Å². The molecule has 19 heavy (non-hydrogen) atoms. The molecule has 0 bridgehead atoms. The molecule has 0 saturated carbocycles. The Morgan fingerprint density at radius 2 is 2.16 bits per heavy atom. The standard InChI is InChI=1S/C14H24N4S/c1-10(6-7-17(4)5)15-8-13-12(3)16-14-18(13)11(2)9-19-14/h9-10,15H,6-8H2,1-5H3. The summed E-state index contributed by atoms with van der Waals surface area (Å²) in [4.78, 5) is 7.95. The van der Waals surface area contributed by atoms with E-state index in [4.69, 9.17) is 0 Å². The van der Waals surface area contributed by atoms with Crippen molar-refractivity contribution in [3.8, 4) is 0 Å². The normalized spacial score (nSPS) is 13.6. The van der Waals surface area contributed by atoms with Gasteiger partial charge in [-0.2, -0.15) is 0 Å². The maximum Gasteiger partial charge on any atom is 0.194 e. The second-order valence-corrected chi connectivity index (χ2v) is 6.35. The molecular weight excluding hydrogens is 256 g/mol. The quantitative estimate of drug-likeness (QED) is 0.882. The molecule has 2 aromatic rings. The van der Waals surface area contributed by atoms with Crippen molar-refractivity contribution >= 4 is 16.3 Å². The van der Waals surface area contributed by atoms with Crippen LogP contribution in [-0.4, -0.2) is 41.0 Å². The van der Waals surface area contributed by atoms with Crippen LogP contribution >= 0.6 is 11.3 Å². The minimum atomic E-state index is 0.520. The second kappa shape index (κ2) is 6.03. The molecule has 5 heteroatoms. The van der Waals surface area contributed by atoms with Gasteiger partial charge in [0.15, 0.2) is 4.96 Å². The molecule has 1 N–H and O–H groups in total. The fourth-order valence-corrected chi connectivity index (χ4v) is 3.13. The van der Waals surface area contributed by atoms with E-state index < -0.39 is 0 Å². The molecule has 0 aliphatic carbocycles. The fourth-order valence-electron chi connectivity index (χ4n) is 2.20. The van der Waals surface area contributed by atoms with Gasteiger partial charge in [0.25, 0.3) is 0 Å². The summed E-state index contributed by atoms with van der Waals surface area (Å²) in [6.07, 6.45) is 1.16. The number of hydrogen-bond acceptors (Lipinski definition) is 4. The highest BCUT2D eigenvalue weighted by molar-refractivity contribution is 7.15. The Kier molecular flexibility index (Phi) is 4.60. The smallest absolute Gasteiger partial charge is 0.194 e. The average Bonchev–Trinajstić information content (AvgIpc) is 2.84. The Balaban J connectivity index is 2.01. The lowest BCUT2D eigenvalue weighted by Crippen LogP contribution is -2.30. The number of thiazole rings is 1. The van der Waals surface area contributed by atoms with E-state index in [1.54, 1.807) is 11.3 Å². The summed E-state index contributed by atoms with van der Waals surface area (Å²) in [5.74, 6) is 0. The van der Waals surface area contributed by atoms with Gasteiger partial charge >= 0.3 is 0 Å². The Labute approximate surface area is 119 Å². The monoisotopic (exact) mass is 280 g/mol. The van der Waals surface area contributed by atoms with Crippen molar-refractivity contribution < 1.29 is 0 Å². The largest absolute Gasteiger partial charge is 0.309 e. The Hall–Kier alpha value is -0.910. The highest BCUT2D eigenvalue weighted by atomic mass is 32.1. The number of hydrogen-bond donors (Lipinski definition) is 1. The number of aryl methyl sites for hydroxylation is 2. The predicted molar refractivity (Wildman–Crippen MR) is 82.0 cm³/mol. The Bertz CT molecular complexity index is 541. The van der Waals surface area contributed by atoms with E-state index in [0.717, 1.165) is 30.2 Å². The van der Waals surface area contributed by atoms with Gasteiger partial charge in [-0.3, -0.25) is 4.40 Å². The van der Waals surface area contributed by atoms with Crippen molar-refractivity contribution in [2.45, 2.75) is 39.8 Å². The highest BCUT2D eigenvalue weighted by Gasteiger charge is 2.12. The molecule has 0 fully saturated rings. The topological polar surface area (TPSA) is 32.6 Å². The van der Waals surface area contributed by atoms with E-state index in [-0.39, 0.29) is 0 Å². The zero-order valence-electron chi connectivity index (χ0n) is 12.5. The zero-order chi connectivity index (χ0) is 14.0. The van der Waals surface area contributed by atoms with Crippen molar-refractivity contribution in [2.24, 2.45) is 0 Å². The van der Waals surface area contributed by atoms with Gasteiger partial charge < -0.3 is 10.2 Å². The lowest BCUT2D eigenvalue weighted by atomic mass is 10.2. The molecule has 0 aliphatic rings. The molecule has 106 valence electrons. The van der Waals surface area contributed by atoms with Crippen molar-refractivity contribution in [1.82, 2.24) is 19.6 Å². The third-order valence-electron chi connectivity index (χ3n) is 3.46. The van der Waals surface area contributed by atoms with Gasteiger partial charge in [-0.05, 0) is 47.8 Å². The van der Waals surface area contributed by atoms with Gasteiger partial charge in [0.1, 0.15) is 0 Å².